The Bertz CT molecular complexity index is 675. The summed E-state index contributed by atoms with van der Waals surface area (Å²) < 4.78 is 0. The van der Waals surface area contributed by atoms with E-state index in [4.69, 9.17) is 0 Å². The first kappa shape index (κ1) is 15.6. The largest absolute Gasteiger partial charge is 0.480 e. The third-order valence-electron chi connectivity index (χ3n) is 4.44. The van der Waals surface area contributed by atoms with E-state index in [1.807, 2.05) is 42.2 Å². The number of aliphatic carboxylic acids is 1. The number of hydrogen-bond acceptors (Lipinski definition) is 4. The Morgan fingerprint density at radius 1 is 1.22 bits per heavy atom. The second-order valence-electron chi connectivity index (χ2n) is 5.95. The summed E-state index contributed by atoms with van der Waals surface area (Å²) in [5, 5.41) is 9.64. The lowest BCUT2D eigenvalue weighted by Crippen LogP contribution is -2.47. The van der Waals surface area contributed by atoms with E-state index in [0.29, 0.717) is 6.42 Å². The molecule has 1 aliphatic rings. The van der Waals surface area contributed by atoms with Crippen molar-refractivity contribution in [3.05, 3.63) is 59.7 Å². The number of rotatable bonds is 4. The first-order valence-electron chi connectivity index (χ1n) is 7.99. The molecule has 0 radical (unpaired) electrons. The topological polar surface area (TPSA) is 66.3 Å². The fourth-order valence-corrected chi connectivity index (χ4v) is 3.32. The van der Waals surface area contributed by atoms with Gasteiger partial charge in [0.15, 0.2) is 0 Å². The molecule has 3 rings (SSSR count). The third kappa shape index (κ3) is 3.24. The monoisotopic (exact) mass is 311 g/mol. The van der Waals surface area contributed by atoms with Gasteiger partial charge in [0.05, 0.1) is 17.4 Å². The van der Waals surface area contributed by atoms with Crippen LogP contribution in [0.15, 0.2) is 42.7 Å². The van der Waals surface area contributed by atoms with Crippen LogP contribution in [0.5, 0.6) is 0 Å². The summed E-state index contributed by atoms with van der Waals surface area (Å²) in [5.41, 5.74) is 2.79. The Morgan fingerprint density at radius 2 is 2.04 bits per heavy atom. The number of aryl methyl sites for hydroxylation is 1. The lowest BCUT2D eigenvalue weighted by atomic mass is 9.95. The zero-order valence-electron chi connectivity index (χ0n) is 13.2. The lowest BCUT2D eigenvalue weighted by Gasteiger charge is -2.38. The molecule has 2 aromatic heterocycles. The number of aromatic nitrogens is 2. The molecule has 120 valence electrons. The molecule has 1 N–H and O–H groups in total. The van der Waals surface area contributed by atoms with E-state index in [9.17, 15) is 9.90 Å². The molecule has 0 amide bonds. The molecule has 0 bridgehead atoms. The highest BCUT2D eigenvalue weighted by atomic mass is 16.4. The summed E-state index contributed by atoms with van der Waals surface area (Å²) in [6, 6.07) is 8.96. The molecule has 2 unspecified atom stereocenters. The molecular weight excluding hydrogens is 290 g/mol. The van der Waals surface area contributed by atoms with Crippen LogP contribution < -0.4 is 0 Å². The molecular formula is C18H21N3O2. The Morgan fingerprint density at radius 3 is 2.74 bits per heavy atom. The van der Waals surface area contributed by atoms with Crippen LogP contribution in [0.4, 0.5) is 0 Å². The molecule has 1 aliphatic heterocycles. The van der Waals surface area contributed by atoms with E-state index >= 15 is 0 Å². The maximum atomic E-state index is 11.7. The molecule has 0 spiro atoms. The Balaban J connectivity index is 2.08. The van der Waals surface area contributed by atoms with Crippen LogP contribution in [0.2, 0.25) is 0 Å². The number of carboxylic acids is 1. The van der Waals surface area contributed by atoms with Gasteiger partial charge in [0.1, 0.15) is 6.04 Å². The van der Waals surface area contributed by atoms with Crippen molar-refractivity contribution >= 4 is 5.97 Å². The van der Waals surface area contributed by atoms with E-state index in [0.717, 1.165) is 36.3 Å². The molecule has 0 aromatic carbocycles. The van der Waals surface area contributed by atoms with Crippen molar-refractivity contribution in [2.75, 3.05) is 6.54 Å². The highest BCUT2D eigenvalue weighted by Gasteiger charge is 2.36. The summed E-state index contributed by atoms with van der Waals surface area (Å²) in [5.74, 6) is -0.765. The number of hydrogen-bond donors (Lipinski definition) is 1. The van der Waals surface area contributed by atoms with Crippen LogP contribution in [0.25, 0.3) is 0 Å². The van der Waals surface area contributed by atoms with Gasteiger partial charge in [0, 0.05) is 18.9 Å². The van der Waals surface area contributed by atoms with E-state index in [2.05, 4.69) is 9.97 Å². The predicted molar refractivity (Wildman–Crippen MR) is 87.0 cm³/mol. The molecule has 2 aromatic rings. The quantitative estimate of drug-likeness (QED) is 0.940. The molecule has 0 aliphatic carbocycles. The van der Waals surface area contributed by atoms with Crippen LogP contribution >= 0.6 is 0 Å². The highest BCUT2D eigenvalue weighted by molar-refractivity contribution is 5.73. The van der Waals surface area contributed by atoms with Crippen LogP contribution in [0, 0.1) is 6.92 Å². The molecule has 5 nitrogen and oxygen atoms in total. The summed E-state index contributed by atoms with van der Waals surface area (Å²) in [4.78, 5) is 22.8. The second-order valence-corrected chi connectivity index (χ2v) is 5.95. The third-order valence-corrected chi connectivity index (χ3v) is 4.44. The summed E-state index contributed by atoms with van der Waals surface area (Å²) in [6.45, 7) is 2.76. The molecule has 23 heavy (non-hydrogen) atoms. The number of nitrogens with zero attached hydrogens (tertiary/aromatic N) is 3. The zero-order valence-corrected chi connectivity index (χ0v) is 13.2. The summed E-state index contributed by atoms with van der Waals surface area (Å²) in [7, 11) is 0. The standard InChI is InChI=1S/C18H21N3O2/c1-13-7-6-11-20-16(13)17(14-8-2-4-10-19-14)21-12-5-3-9-15(21)18(22)23/h2,4,6-8,10-11,15,17H,3,5,9,12H2,1H3,(H,22,23). The van der Waals surface area contributed by atoms with Gasteiger partial charge in [-0.15, -0.1) is 0 Å². The summed E-state index contributed by atoms with van der Waals surface area (Å²) in [6.07, 6.45) is 6.13. The average molecular weight is 311 g/mol. The van der Waals surface area contributed by atoms with Crippen molar-refractivity contribution in [1.82, 2.24) is 14.9 Å². The van der Waals surface area contributed by atoms with Crippen molar-refractivity contribution < 1.29 is 9.90 Å². The van der Waals surface area contributed by atoms with E-state index in [1.54, 1.807) is 12.4 Å². The SMILES string of the molecule is Cc1cccnc1C(c1ccccn1)N1CCCCC1C(=O)O. The van der Waals surface area contributed by atoms with Gasteiger partial charge in [-0.1, -0.05) is 18.6 Å². The van der Waals surface area contributed by atoms with E-state index < -0.39 is 12.0 Å². The normalized spacial score (nSPS) is 20.1. The van der Waals surface area contributed by atoms with Gasteiger partial charge in [-0.05, 0) is 43.5 Å². The molecule has 3 heterocycles. The van der Waals surface area contributed by atoms with Crippen molar-refractivity contribution in [1.29, 1.82) is 0 Å². The van der Waals surface area contributed by atoms with Gasteiger partial charge in [-0.25, -0.2) is 0 Å². The number of carbonyl (C=O) groups is 1. The molecule has 5 heteroatoms. The van der Waals surface area contributed by atoms with Crippen LogP contribution in [0.3, 0.4) is 0 Å². The van der Waals surface area contributed by atoms with E-state index in [1.165, 1.54) is 0 Å². The summed E-state index contributed by atoms with van der Waals surface area (Å²) >= 11 is 0. The fourth-order valence-electron chi connectivity index (χ4n) is 3.32. The smallest absolute Gasteiger partial charge is 0.320 e. The predicted octanol–water partition coefficient (Wildman–Crippen LogP) is 2.81. The first-order valence-corrected chi connectivity index (χ1v) is 7.99. The van der Waals surface area contributed by atoms with E-state index in [-0.39, 0.29) is 6.04 Å². The lowest BCUT2D eigenvalue weighted by molar-refractivity contribution is -0.145. The highest BCUT2D eigenvalue weighted by Crippen LogP contribution is 2.33. The Kier molecular flexibility index (Phi) is 4.67. The zero-order chi connectivity index (χ0) is 16.2. The molecule has 0 saturated carbocycles. The van der Waals surface area contributed by atoms with Gasteiger partial charge in [-0.2, -0.15) is 0 Å². The van der Waals surface area contributed by atoms with Crippen LogP contribution in [-0.2, 0) is 4.79 Å². The van der Waals surface area contributed by atoms with Gasteiger partial charge in [-0.3, -0.25) is 19.7 Å². The van der Waals surface area contributed by atoms with Crippen LogP contribution in [-0.4, -0.2) is 38.5 Å². The first-order chi connectivity index (χ1) is 11.2. The van der Waals surface area contributed by atoms with Gasteiger partial charge in [0.25, 0.3) is 0 Å². The number of pyridine rings is 2. The average Bonchev–Trinajstić information content (AvgIpc) is 2.58. The minimum atomic E-state index is -0.765. The van der Waals surface area contributed by atoms with Crippen molar-refractivity contribution in [2.45, 2.75) is 38.3 Å². The van der Waals surface area contributed by atoms with Gasteiger partial charge in [0.2, 0.25) is 0 Å². The fraction of sp³-hybridized carbons (Fsp3) is 0.389. The molecule has 2 atom stereocenters. The minimum absolute atomic E-state index is 0.223. The Labute approximate surface area is 136 Å². The van der Waals surface area contributed by atoms with Crippen molar-refractivity contribution in [2.24, 2.45) is 0 Å². The van der Waals surface area contributed by atoms with Crippen molar-refractivity contribution in [3.63, 3.8) is 0 Å². The van der Waals surface area contributed by atoms with Crippen LogP contribution in [0.1, 0.15) is 42.3 Å². The molecule has 1 fully saturated rings. The van der Waals surface area contributed by atoms with Crippen molar-refractivity contribution in [3.8, 4) is 0 Å². The number of piperidine rings is 1. The maximum absolute atomic E-state index is 11.7. The minimum Gasteiger partial charge on any atom is -0.480 e. The van der Waals surface area contributed by atoms with Gasteiger partial charge < -0.3 is 5.11 Å². The molecule has 1 saturated heterocycles. The Hall–Kier alpha value is -2.27. The number of likely N-dealkylation sites (tertiary alicyclic amines) is 1. The van der Waals surface area contributed by atoms with Gasteiger partial charge >= 0.3 is 5.97 Å². The number of carboxylic acid groups (broad SMARTS) is 1. The maximum Gasteiger partial charge on any atom is 0.320 e. The second kappa shape index (κ2) is 6.87.